The Morgan fingerprint density at radius 2 is 1.23 bits per heavy atom. The predicted octanol–water partition coefficient (Wildman–Crippen LogP) is 7.21. The van der Waals surface area contributed by atoms with Gasteiger partial charge < -0.3 is 30.2 Å². The Kier molecular flexibility index (Phi) is 22.2. The summed E-state index contributed by atoms with van der Waals surface area (Å²) in [5, 5.41) is 8.90. The van der Waals surface area contributed by atoms with Gasteiger partial charge in [-0.15, -0.1) is 0 Å². The third kappa shape index (κ3) is 21.8. The monoisotopic (exact) mass is 626 g/mol. The number of ether oxygens (including phenoxy) is 3. The normalized spacial score (nSPS) is 18.0. The van der Waals surface area contributed by atoms with Crippen molar-refractivity contribution in [1.82, 2.24) is 16.0 Å². The maximum absolute atomic E-state index is 12.4. The molecule has 1 saturated carbocycles. The smallest absolute Gasteiger partial charge is 0.407 e. The first-order chi connectivity index (χ1) is 21.1. The minimum Gasteiger partial charge on any atom is -0.444 e. The lowest BCUT2D eigenvalue weighted by Gasteiger charge is -2.47. The number of amides is 3. The first kappa shape index (κ1) is 40.2. The molecule has 0 spiro atoms. The lowest BCUT2D eigenvalue weighted by molar-refractivity contribution is -0.126. The molecule has 0 aliphatic heterocycles. The van der Waals surface area contributed by atoms with Crippen molar-refractivity contribution in [3.05, 3.63) is 0 Å². The summed E-state index contributed by atoms with van der Waals surface area (Å²) in [6.07, 6.45) is 20.3. The zero-order valence-corrected chi connectivity index (χ0v) is 29.0. The van der Waals surface area contributed by atoms with Gasteiger partial charge in [0.15, 0.2) is 0 Å². The van der Waals surface area contributed by atoms with Gasteiger partial charge in [-0.05, 0) is 51.9 Å². The van der Waals surface area contributed by atoms with Crippen LogP contribution in [0.2, 0.25) is 0 Å². The molecule has 9 heteroatoms. The molecule has 0 bridgehead atoms. The van der Waals surface area contributed by atoms with Crippen molar-refractivity contribution in [3.63, 3.8) is 0 Å². The van der Waals surface area contributed by atoms with Crippen molar-refractivity contribution >= 4 is 17.9 Å². The van der Waals surface area contributed by atoms with E-state index >= 15 is 0 Å². The second kappa shape index (κ2) is 24.4. The first-order valence-corrected chi connectivity index (χ1v) is 17.8. The average molecular weight is 626 g/mol. The highest BCUT2D eigenvalue weighted by Gasteiger charge is 2.43. The molecule has 0 aromatic rings. The summed E-state index contributed by atoms with van der Waals surface area (Å²) >= 11 is 0. The molecule has 3 N–H and O–H groups in total. The molecule has 258 valence electrons. The van der Waals surface area contributed by atoms with Gasteiger partial charge in [0.1, 0.15) is 5.60 Å². The van der Waals surface area contributed by atoms with Crippen molar-refractivity contribution in [3.8, 4) is 0 Å². The lowest BCUT2D eigenvalue weighted by Crippen LogP contribution is -2.55. The van der Waals surface area contributed by atoms with Crippen molar-refractivity contribution in [2.75, 3.05) is 39.5 Å². The van der Waals surface area contributed by atoms with Gasteiger partial charge in [0.05, 0.1) is 26.4 Å². The van der Waals surface area contributed by atoms with E-state index in [0.29, 0.717) is 52.4 Å². The molecule has 44 heavy (non-hydrogen) atoms. The minimum atomic E-state index is -0.522. The zero-order chi connectivity index (χ0) is 32.5. The topological polar surface area (TPSA) is 115 Å². The molecule has 1 rings (SSSR count). The third-order valence-electron chi connectivity index (χ3n) is 8.40. The molecular formula is C35H67N3O6. The molecular weight excluding hydrogens is 558 g/mol. The van der Waals surface area contributed by atoms with Crippen LogP contribution in [0.15, 0.2) is 0 Å². The van der Waals surface area contributed by atoms with Gasteiger partial charge in [0, 0.05) is 32.0 Å². The molecule has 0 unspecified atom stereocenters. The number of carbonyl (C=O) groups excluding carboxylic acids is 3. The highest BCUT2D eigenvalue weighted by molar-refractivity contribution is 5.77. The number of alkyl carbamates (subject to hydrolysis) is 1. The summed E-state index contributed by atoms with van der Waals surface area (Å²) < 4.78 is 16.1. The van der Waals surface area contributed by atoms with E-state index in [1.165, 1.54) is 70.6 Å². The molecule has 0 aromatic heterocycles. The number of nitrogens with one attached hydrogen (secondary N) is 3. The Balaban J connectivity index is 1.96. The molecule has 0 heterocycles. The molecule has 0 saturated heterocycles. The van der Waals surface area contributed by atoms with Gasteiger partial charge in [-0.1, -0.05) is 90.9 Å². The van der Waals surface area contributed by atoms with E-state index in [9.17, 15) is 14.4 Å². The maximum Gasteiger partial charge on any atom is 0.407 e. The van der Waals surface area contributed by atoms with Crippen LogP contribution in [-0.2, 0) is 23.8 Å². The van der Waals surface area contributed by atoms with E-state index in [0.717, 1.165) is 32.1 Å². The summed E-state index contributed by atoms with van der Waals surface area (Å²) in [5.41, 5.74) is -0.429. The van der Waals surface area contributed by atoms with E-state index in [-0.39, 0.29) is 23.3 Å². The van der Waals surface area contributed by atoms with Crippen molar-refractivity contribution in [2.45, 2.75) is 162 Å². The summed E-state index contributed by atoms with van der Waals surface area (Å²) in [6.45, 7) is 12.4. The van der Waals surface area contributed by atoms with E-state index in [4.69, 9.17) is 14.2 Å². The van der Waals surface area contributed by atoms with Gasteiger partial charge >= 0.3 is 6.09 Å². The number of carbonyl (C=O) groups is 3. The van der Waals surface area contributed by atoms with Crippen LogP contribution in [0, 0.1) is 5.41 Å². The molecule has 1 aliphatic rings. The van der Waals surface area contributed by atoms with Crippen molar-refractivity contribution < 1.29 is 28.6 Å². The number of rotatable bonds is 27. The Morgan fingerprint density at radius 1 is 0.682 bits per heavy atom. The Hall–Kier alpha value is -1.87. The number of unbranched alkanes of at least 4 members (excludes halogenated alkanes) is 12. The van der Waals surface area contributed by atoms with Crippen LogP contribution in [0.3, 0.4) is 0 Å². The molecule has 1 fully saturated rings. The van der Waals surface area contributed by atoms with Crippen LogP contribution in [0.25, 0.3) is 0 Å². The SMILES string of the molecule is CCCCCCCCCCCCCCCC(=O)NCC1(CC)CC(NC(=O)CCOCCOCCNC(=O)OC(C)(C)C)C1. The summed E-state index contributed by atoms with van der Waals surface area (Å²) in [4.78, 5) is 36.3. The van der Waals surface area contributed by atoms with Crippen LogP contribution >= 0.6 is 0 Å². The minimum absolute atomic E-state index is 0.00590. The second-order valence-corrected chi connectivity index (χ2v) is 13.7. The van der Waals surface area contributed by atoms with Crippen LogP contribution in [0.5, 0.6) is 0 Å². The van der Waals surface area contributed by atoms with Crippen LogP contribution in [0.4, 0.5) is 4.79 Å². The fourth-order valence-corrected chi connectivity index (χ4v) is 5.65. The summed E-state index contributed by atoms with van der Waals surface area (Å²) in [7, 11) is 0. The summed E-state index contributed by atoms with van der Waals surface area (Å²) in [6, 6.07) is 0.168. The standard InChI is InChI=1S/C35H67N3O6/c1-6-8-9-10-11-12-13-14-15-16-17-18-19-20-31(39)37-29-35(7-2)27-30(28-35)38-32(40)21-23-42-25-26-43-24-22-36-33(41)44-34(3,4)5/h30H,6-29H2,1-5H3,(H,36,41)(H,37,39)(H,38,40). The van der Waals surface area contributed by atoms with Crippen LogP contribution in [0.1, 0.15) is 150 Å². The van der Waals surface area contributed by atoms with E-state index in [2.05, 4.69) is 29.8 Å². The maximum atomic E-state index is 12.4. The molecule has 0 atom stereocenters. The van der Waals surface area contributed by atoms with E-state index in [1.54, 1.807) is 0 Å². The fraction of sp³-hybridized carbons (Fsp3) is 0.914. The largest absolute Gasteiger partial charge is 0.444 e. The van der Waals surface area contributed by atoms with Crippen LogP contribution in [-0.4, -0.2) is 69.1 Å². The third-order valence-corrected chi connectivity index (χ3v) is 8.40. The van der Waals surface area contributed by atoms with Crippen molar-refractivity contribution in [1.29, 1.82) is 0 Å². The van der Waals surface area contributed by atoms with Gasteiger partial charge in [0.25, 0.3) is 0 Å². The average Bonchev–Trinajstić information content (AvgIpc) is 2.94. The van der Waals surface area contributed by atoms with Gasteiger partial charge in [-0.25, -0.2) is 4.79 Å². The number of hydrogen-bond donors (Lipinski definition) is 3. The van der Waals surface area contributed by atoms with E-state index in [1.807, 2.05) is 20.8 Å². The highest BCUT2D eigenvalue weighted by atomic mass is 16.6. The fourth-order valence-electron chi connectivity index (χ4n) is 5.65. The second-order valence-electron chi connectivity index (χ2n) is 13.7. The molecule has 3 amide bonds. The van der Waals surface area contributed by atoms with Crippen molar-refractivity contribution in [2.24, 2.45) is 5.41 Å². The predicted molar refractivity (Wildman–Crippen MR) is 178 cm³/mol. The van der Waals surface area contributed by atoms with Gasteiger partial charge in [-0.3, -0.25) is 9.59 Å². The Labute approximate surface area is 269 Å². The first-order valence-electron chi connectivity index (χ1n) is 17.8. The molecule has 9 nitrogen and oxygen atoms in total. The highest BCUT2D eigenvalue weighted by Crippen LogP contribution is 2.43. The van der Waals surface area contributed by atoms with Gasteiger partial charge in [0.2, 0.25) is 11.8 Å². The molecule has 0 radical (unpaired) electrons. The zero-order valence-electron chi connectivity index (χ0n) is 29.0. The lowest BCUT2D eigenvalue weighted by atomic mass is 9.63. The molecule has 1 aliphatic carbocycles. The van der Waals surface area contributed by atoms with Gasteiger partial charge in [-0.2, -0.15) is 0 Å². The van der Waals surface area contributed by atoms with Crippen LogP contribution < -0.4 is 16.0 Å². The summed E-state index contributed by atoms with van der Waals surface area (Å²) in [5.74, 6) is 0.155. The Morgan fingerprint density at radius 3 is 1.77 bits per heavy atom. The quantitative estimate of drug-likeness (QED) is 0.0832. The molecule has 0 aromatic carbocycles. The Bertz CT molecular complexity index is 764. The van der Waals surface area contributed by atoms with E-state index < -0.39 is 11.7 Å². The number of hydrogen-bond acceptors (Lipinski definition) is 6.